The Kier molecular flexibility index (Phi) is 11.2. The molecule has 0 aliphatic heterocycles. The average Bonchev–Trinajstić information content (AvgIpc) is 2.65. The van der Waals surface area contributed by atoms with E-state index in [2.05, 4.69) is 98.3 Å². The van der Waals surface area contributed by atoms with E-state index in [9.17, 15) is 0 Å². The van der Waals surface area contributed by atoms with Crippen molar-refractivity contribution in [2.75, 3.05) is 31.2 Å². The van der Waals surface area contributed by atoms with Crippen LogP contribution in [0.15, 0.2) is 23.2 Å². The topological polar surface area (TPSA) is 15.6 Å². The number of para-hydroxylation sites is 1. The molecule has 0 N–H and O–H groups in total. The Morgan fingerprint density at radius 3 is 1.84 bits per heavy atom. The summed E-state index contributed by atoms with van der Waals surface area (Å²) in [6.07, 6.45) is 7.92. The largest absolute Gasteiger partial charge is 0.292 e. The van der Waals surface area contributed by atoms with Crippen LogP contribution in [0.2, 0.25) is 0 Å². The Morgan fingerprint density at radius 1 is 0.903 bits per heavy atom. The summed E-state index contributed by atoms with van der Waals surface area (Å²) in [5.74, 6) is 0.998. The zero-order valence-electron chi connectivity index (χ0n) is 22.7. The van der Waals surface area contributed by atoms with Gasteiger partial charge in [0.2, 0.25) is 0 Å². The third-order valence-electron chi connectivity index (χ3n) is 6.43. The number of hydrogen-bond acceptors (Lipinski definition) is 2. The molecular weight excluding hydrogens is 395 g/mol. The molecule has 178 valence electrons. The first-order valence-electron chi connectivity index (χ1n) is 12.6. The molecular formula is C28H52N2P+. The summed E-state index contributed by atoms with van der Waals surface area (Å²) in [7, 11) is -1.36. The van der Waals surface area contributed by atoms with Crippen molar-refractivity contribution in [2.24, 2.45) is 4.99 Å². The molecule has 0 saturated carbocycles. The molecule has 3 heteroatoms. The highest BCUT2D eigenvalue weighted by Crippen LogP contribution is 2.59. The van der Waals surface area contributed by atoms with Crippen molar-refractivity contribution in [3.05, 3.63) is 29.3 Å². The van der Waals surface area contributed by atoms with E-state index < -0.39 is 7.41 Å². The molecule has 0 saturated heterocycles. The summed E-state index contributed by atoms with van der Waals surface area (Å²) in [5, 5.41) is 0. The Bertz CT molecular complexity index is 669. The van der Waals surface area contributed by atoms with Gasteiger partial charge in [0, 0.05) is 12.3 Å². The summed E-state index contributed by atoms with van der Waals surface area (Å²) >= 11 is 0. The fraction of sp³-hybridized carbons (Fsp3) is 0.750. The maximum absolute atomic E-state index is 5.12. The average molecular weight is 448 g/mol. The van der Waals surface area contributed by atoms with E-state index in [1.54, 1.807) is 0 Å². The molecule has 0 amide bonds. The van der Waals surface area contributed by atoms with Crippen LogP contribution in [-0.4, -0.2) is 37.8 Å². The summed E-state index contributed by atoms with van der Waals surface area (Å²) in [4.78, 5) is 5.12. The van der Waals surface area contributed by atoms with Crippen LogP contribution >= 0.6 is 7.41 Å². The molecule has 1 aromatic rings. The van der Waals surface area contributed by atoms with Crippen LogP contribution in [0.1, 0.15) is 117 Å². The highest BCUT2D eigenvalue weighted by Gasteiger charge is 2.45. The monoisotopic (exact) mass is 447 g/mol. The minimum Gasteiger partial charge on any atom is -0.292 e. The van der Waals surface area contributed by atoms with Crippen LogP contribution in [-0.2, 0) is 0 Å². The number of anilines is 1. The molecule has 0 aliphatic carbocycles. The maximum atomic E-state index is 5.12. The molecule has 0 aliphatic rings. The van der Waals surface area contributed by atoms with Gasteiger partial charge < -0.3 is 0 Å². The zero-order chi connectivity index (χ0) is 23.8. The zero-order valence-corrected chi connectivity index (χ0v) is 23.6. The molecule has 0 aromatic heterocycles. The SMILES string of the molecule is CCCCCCCCN=C(C)C(C)(C)N(c1c(C(C)C)cccc1C(C)C)[P+](C)(C)C. The predicted molar refractivity (Wildman–Crippen MR) is 147 cm³/mol. The lowest BCUT2D eigenvalue weighted by Crippen LogP contribution is -2.49. The number of aliphatic imine (C=N–C) groups is 1. The fourth-order valence-electron chi connectivity index (χ4n) is 4.57. The van der Waals surface area contributed by atoms with E-state index in [0.717, 1.165) is 6.54 Å². The Labute approximate surface area is 195 Å². The van der Waals surface area contributed by atoms with Crippen molar-refractivity contribution in [3.8, 4) is 0 Å². The number of rotatable bonds is 13. The second kappa shape index (κ2) is 12.4. The highest BCUT2D eigenvalue weighted by molar-refractivity contribution is 7.75. The first-order chi connectivity index (χ1) is 14.4. The Hall–Kier alpha value is -0.880. The van der Waals surface area contributed by atoms with Crippen LogP contribution in [0.5, 0.6) is 0 Å². The van der Waals surface area contributed by atoms with Crippen LogP contribution in [0.3, 0.4) is 0 Å². The second-order valence-corrected chi connectivity index (χ2v) is 15.4. The van der Waals surface area contributed by atoms with E-state index >= 15 is 0 Å². The summed E-state index contributed by atoms with van der Waals surface area (Å²) < 4.78 is 2.77. The highest BCUT2D eigenvalue weighted by atomic mass is 31.2. The Morgan fingerprint density at radius 2 is 1.39 bits per heavy atom. The lowest BCUT2D eigenvalue weighted by atomic mass is 9.90. The first kappa shape index (κ1) is 28.2. The molecule has 0 heterocycles. The molecule has 31 heavy (non-hydrogen) atoms. The number of benzene rings is 1. The van der Waals surface area contributed by atoms with Gasteiger partial charge in [-0.25, -0.2) is 4.67 Å². The van der Waals surface area contributed by atoms with E-state index in [1.165, 1.54) is 61.1 Å². The third kappa shape index (κ3) is 7.88. The van der Waals surface area contributed by atoms with Gasteiger partial charge in [0.1, 0.15) is 5.54 Å². The maximum Gasteiger partial charge on any atom is 0.107 e. The summed E-state index contributed by atoms with van der Waals surface area (Å²) in [5.41, 5.74) is 5.57. The van der Waals surface area contributed by atoms with Gasteiger partial charge in [0.15, 0.2) is 0 Å². The summed E-state index contributed by atoms with van der Waals surface area (Å²) in [6, 6.07) is 6.93. The van der Waals surface area contributed by atoms with E-state index in [4.69, 9.17) is 4.99 Å². The van der Waals surface area contributed by atoms with Gasteiger partial charge in [-0.15, -0.1) is 0 Å². The van der Waals surface area contributed by atoms with E-state index in [1.807, 2.05) is 0 Å². The first-order valence-corrected chi connectivity index (χ1v) is 15.7. The molecule has 0 unspecified atom stereocenters. The van der Waals surface area contributed by atoms with Crippen molar-refractivity contribution in [1.29, 1.82) is 0 Å². The second-order valence-electron chi connectivity index (χ2n) is 11.1. The minimum absolute atomic E-state index is 0.108. The van der Waals surface area contributed by atoms with Crippen molar-refractivity contribution in [1.82, 2.24) is 0 Å². The molecule has 0 radical (unpaired) electrons. The van der Waals surface area contributed by atoms with Crippen LogP contribution in [0, 0.1) is 0 Å². The molecule has 0 atom stereocenters. The van der Waals surface area contributed by atoms with Crippen molar-refractivity contribution in [2.45, 2.75) is 111 Å². The smallest absolute Gasteiger partial charge is 0.107 e. The van der Waals surface area contributed by atoms with Crippen molar-refractivity contribution in [3.63, 3.8) is 0 Å². The molecule has 1 rings (SSSR count). The predicted octanol–water partition coefficient (Wildman–Crippen LogP) is 9.16. The van der Waals surface area contributed by atoms with Gasteiger partial charge in [-0.2, -0.15) is 0 Å². The van der Waals surface area contributed by atoms with Gasteiger partial charge in [0.25, 0.3) is 0 Å². The minimum atomic E-state index is -1.36. The molecule has 0 bridgehead atoms. The fourth-order valence-corrected chi connectivity index (χ4v) is 7.05. The van der Waals surface area contributed by atoms with Crippen molar-refractivity contribution >= 4 is 18.8 Å². The van der Waals surface area contributed by atoms with Gasteiger partial charge >= 0.3 is 0 Å². The van der Waals surface area contributed by atoms with Crippen molar-refractivity contribution < 1.29 is 0 Å². The molecule has 1 aromatic carbocycles. The Balaban J connectivity index is 3.30. The van der Waals surface area contributed by atoms with Gasteiger partial charge in [0.05, 0.1) is 33.1 Å². The quantitative estimate of drug-likeness (QED) is 0.167. The van der Waals surface area contributed by atoms with E-state index in [0.29, 0.717) is 11.8 Å². The summed E-state index contributed by atoms with van der Waals surface area (Å²) in [6.45, 7) is 27.0. The number of hydrogen-bond donors (Lipinski definition) is 0. The molecule has 2 nitrogen and oxygen atoms in total. The third-order valence-corrected chi connectivity index (χ3v) is 8.33. The number of unbranched alkanes of at least 4 members (excludes halogenated alkanes) is 5. The van der Waals surface area contributed by atoms with Gasteiger partial charge in [-0.05, 0) is 50.2 Å². The normalized spacial score (nSPS) is 13.4. The number of nitrogens with zero attached hydrogens (tertiary/aromatic N) is 2. The van der Waals surface area contributed by atoms with Crippen LogP contribution < -0.4 is 4.67 Å². The van der Waals surface area contributed by atoms with Gasteiger partial charge in [-0.3, -0.25) is 4.99 Å². The van der Waals surface area contributed by atoms with Crippen LogP contribution in [0.4, 0.5) is 5.69 Å². The lowest BCUT2D eigenvalue weighted by molar-refractivity contribution is 0.609. The van der Waals surface area contributed by atoms with E-state index in [-0.39, 0.29) is 5.54 Å². The standard InChI is InChI=1S/C28H52N2P/c1-12-13-14-15-16-17-21-29-24(6)28(7,8)30(31(9,10)11)27-25(22(2)3)19-18-20-26(27)23(4)5/h18-20,22-23H,12-17,21H2,1-11H3/q+1. The lowest BCUT2D eigenvalue weighted by Gasteiger charge is -2.45. The van der Waals surface area contributed by atoms with Gasteiger partial charge in [-0.1, -0.05) is 84.9 Å². The molecule has 0 spiro atoms. The molecule has 0 fully saturated rings. The van der Waals surface area contributed by atoms with Crippen LogP contribution in [0.25, 0.3) is 0 Å².